The summed E-state index contributed by atoms with van der Waals surface area (Å²) < 4.78 is 0. The SMILES string of the molecule is Cc1cc(Cc2ccccn2)ccn1. The topological polar surface area (TPSA) is 25.8 Å². The first kappa shape index (κ1) is 8.88. The van der Waals surface area contributed by atoms with Gasteiger partial charge in [0.15, 0.2) is 0 Å². The average Bonchev–Trinajstić information content (AvgIpc) is 2.19. The van der Waals surface area contributed by atoms with E-state index in [4.69, 9.17) is 0 Å². The fraction of sp³-hybridized carbons (Fsp3) is 0.167. The van der Waals surface area contributed by atoms with Gasteiger partial charge in [-0.1, -0.05) is 6.07 Å². The molecule has 2 nitrogen and oxygen atoms in total. The molecule has 2 heterocycles. The van der Waals surface area contributed by atoms with E-state index in [1.165, 1.54) is 5.56 Å². The van der Waals surface area contributed by atoms with Crippen molar-refractivity contribution in [3.8, 4) is 0 Å². The van der Waals surface area contributed by atoms with Crippen LogP contribution >= 0.6 is 0 Å². The molecule has 0 unspecified atom stereocenters. The van der Waals surface area contributed by atoms with E-state index in [0.717, 1.165) is 17.8 Å². The summed E-state index contributed by atoms with van der Waals surface area (Å²) in [5.41, 5.74) is 3.41. The Labute approximate surface area is 83.7 Å². The molecule has 0 fully saturated rings. The number of hydrogen-bond acceptors (Lipinski definition) is 2. The van der Waals surface area contributed by atoms with Gasteiger partial charge in [0.25, 0.3) is 0 Å². The molecule has 0 aliphatic carbocycles. The average molecular weight is 184 g/mol. The summed E-state index contributed by atoms with van der Waals surface area (Å²) in [4.78, 5) is 8.44. The van der Waals surface area contributed by atoms with Crippen LogP contribution in [-0.4, -0.2) is 9.97 Å². The normalized spacial score (nSPS) is 10.1. The molecule has 0 aliphatic heterocycles. The summed E-state index contributed by atoms with van der Waals surface area (Å²) in [5, 5.41) is 0. The summed E-state index contributed by atoms with van der Waals surface area (Å²) in [6.07, 6.45) is 4.54. The first-order valence-electron chi connectivity index (χ1n) is 4.66. The molecule has 0 amide bonds. The van der Waals surface area contributed by atoms with Crippen molar-refractivity contribution in [3.63, 3.8) is 0 Å². The van der Waals surface area contributed by atoms with Gasteiger partial charge in [-0.05, 0) is 36.8 Å². The lowest BCUT2D eigenvalue weighted by molar-refractivity contribution is 1.05. The van der Waals surface area contributed by atoms with Crippen molar-refractivity contribution >= 4 is 0 Å². The van der Waals surface area contributed by atoms with Crippen LogP contribution < -0.4 is 0 Å². The summed E-state index contributed by atoms with van der Waals surface area (Å²) in [6, 6.07) is 10.1. The maximum Gasteiger partial charge on any atom is 0.0447 e. The lowest BCUT2D eigenvalue weighted by Gasteiger charge is -2.00. The highest BCUT2D eigenvalue weighted by molar-refractivity contribution is 5.21. The molecule has 0 aromatic carbocycles. The number of pyridine rings is 2. The van der Waals surface area contributed by atoms with Crippen LogP contribution in [0.15, 0.2) is 42.7 Å². The first-order chi connectivity index (χ1) is 6.84. The van der Waals surface area contributed by atoms with Crippen LogP contribution in [0, 0.1) is 6.92 Å². The van der Waals surface area contributed by atoms with Crippen molar-refractivity contribution in [1.29, 1.82) is 0 Å². The molecular weight excluding hydrogens is 172 g/mol. The lowest BCUT2D eigenvalue weighted by Crippen LogP contribution is -1.92. The molecule has 14 heavy (non-hydrogen) atoms. The molecule has 0 atom stereocenters. The van der Waals surface area contributed by atoms with E-state index in [2.05, 4.69) is 16.0 Å². The second kappa shape index (κ2) is 4.01. The molecule has 0 radical (unpaired) electrons. The van der Waals surface area contributed by atoms with Gasteiger partial charge in [-0.2, -0.15) is 0 Å². The van der Waals surface area contributed by atoms with Crippen molar-refractivity contribution < 1.29 is 0 Å². The summed E-state index contributed by atoms with van der Waals surface area (Å²) in [6.45, 7) is 2.00. The van der Waals surface area contributed by atoms with E-state index in [0.29, 0.717) is 0 Å². The third-order valence-corrected chi connectivity index (χ3v) is 2.07. The largest absolute Gasteiger partial charge is 0.262 e. The fourth-order valence-corrected chi connectivity index (χ4v) is 1.43. The van der Waals surface area contributed by atoms with Gasteiger partial charge in [-0.15, -0.1) is 0 Å². The Kier molecular flexibility index (Phi) is 2.54. The smallest absolute Gasteiger partial charge is 0.0447 e. The molecule has 0 bridgehead atoms. The zero-order valence-corrected chi connectivity index (χ0v) is 8.14. The van der Waals surface area contributed by atoms with Crippen molar-refractivity contribution in [2.24, 2.45) is 0 Å². The van der Waals surface area contributed by atoms with Crippen molar-refractivity contribution in [2.75, 3.05) is 0 Å². The Hall–Kier alpha value is -1.70. The maximum absolute atomic E-state index is 4.28. The number of rotatable bonds is 2. The van der Waals surface area contributed by atoms with Crippen molar-refractivity contribution in [1.82, 2.24) is 9.97 Å². The van der Waals surface area contributed by atoms with E-state index in [-0.39, 0.29) is 0 Å². The molecule has 0 saturated carbocycles. The van der Waals surface area contributed by atoms with Gasteiger partial charge in [0, 0.05) is 30.2 Å². The fourth-order valence-electron chi connectivity index (χ4n) is 1.43. The van der Waals surface area contributed by atoms with E-state index in [9.17, 15) is 0 Å². The van der Waals surface area contributed by atoms with Crippen LogP contribution in [0.1, 0.15) is 17.0 Å². The first-order valence-corrected chi connectivity index (χ1v) is 4.66. The van der Waals surface area contributed by atoms with Crippen LogP contribution in [0.3, 0.4) is 0 Å². The zero-order valence-electron chi connectivity index (χ0n) is 8.14. The molecule has 0 spiro atoms. The Balaban J connectivity index is 2.19. The number of aryl methyl sites for hydroxylation is 1. The molecule has 2 rings (SSSR count). The molecular formula is C12H12N2. The Morgan fingerprint density at radius 1 is 1.07 bits per heavy atom. The standard InChI is InChI=1S/C12H12N2/c1-10-8-11(5-7-13-10)9-12-4-2-3-6-14-12/h2-8H,9H2,1H3. The second-order valence-electron chi connectivity index (χ2n) is 3.30. The number of nitrogens with zero attached hydrogens (tertiary/aromatic N) is 2. The van der Waals surface area contributed by atoms with Crippen LogP contribution in [0.5, 0.6) is 0 Å². The highest BCUT2D eigenvalue weighted by Crippen LogP contribution is 2.06. The highest BCUT2D eigenvalue weighted by Gasteiger charge is 1.96. The maximum atomic E-state index is 4.28. The van der Waals surface area contributed by atoms with E-state index >= 15 is 0 Å². The lowest BCUT2D eigenvalue weighted by atomic mass is 10.1. The van der Waals surface area contributed by atoms with Crippen LogP contribution in [0.2, 0.25) is 0 Å². The van der Waals surface area contributed by atoms with Gasteiger partial charge in [-0.25, -0.2) is 0 Å². The zero-order chi connectivity index (χ0) is 9.80. The van der Waals surface area contributed by atoms with Gasteiger partial charge in [0.05, 0.1) is 0 Å². The highest BCUT2D eigenvalue weighted by atomic mass is 14.7. The molecule has 0 saturated heterocycles. The van der Waals surface area contributed by atoms with Gasteiger partial charge in [0.2, 0.25) is 0 Å². The Morgan fingerprint density at radius 2 is 2.00 bits per heavy atom. The van der Waals surface area contributed by atoms with E-state index < -0.39 is 0 Å². The molecule has 2 heteroatoms. The molecule has 70 valence electrons. The predicted molar refractivity (Wildman–Crippen MR) is 56.0 cm³/mol. The molecule has 2 aromatic heterocycles. The van der Waals surface area contributed by atoms with Gasteiger partial charge in [0.1, 0.15) is 0 Å². The van der Waals surface area contributed by atoms with Crippen LogP contribution in [0.25, 0.3) is 0 Å². The number of aromatic nitrogens is 2. The quantitative estimate of drug-likeness (QED) is 0.716. The van der Waals surface area contributed by atoms with Gasteiger partial charge < -0.3 is 0 Å². The third kappa shape index (κ3) is 2.16. The van der Waals surface area contributed by atoms with Gasteiger partial charge >= 0.3 is 0 Å². The third-order valence-electron chi connectivity index (χ3n) is 2.07. The van der Waals surface area contributed by atoms with Crippen LogP contribution in [-0.2, 0) is 6.42 Å². The Morgan fingerprint density at radius 3 is 2.71 bits per heavy atom. The Bertz CT molecular complexity index is 410. The summed E-state index contributed by atoms with van der Waals surface area (Å²) in [7, 11) is 0. The minimum Gasteiger partial charge on any atom is -0.262 e. The number of hydrogen-bond donors (Lipinski definition) is 0. The minimum absolute atomic E-state index is 0.879. The monoisotopic (exact) mass is 184 g/mol. The molecule has 0 aliphatic rings. The van der Waals surface area contributed by atoms with Crippen molar-refractivity contribution in [2.45, 2.75) is 13.3 Å². The van der Waals surface area contributed by atoms with Gasteiger partial charge in [-0.3, -0.25) is 9.97 Å². The second-order valence-corrected chi connectivity index (χ2v) is 3.30. The van der Waals surface area contributed by atoms with Crippen molar-refractivity contribution in [3.05, 3.63) is 59.7 Å². The minimum atomic E-state index is 0.879. The van der Waals surface area contributed by atoms with E-state index in [1.54, 1.807) is 0 Å². The summed E-state index contributed by atoms with van der Waals surface area (Å²) in [5.74, 6) is 0. The predicted octanol–water partition coefficient (Wildman–Crippen LogP) is 2.38. The molecule has 2 aromatic rings. The van der Waals surface area contributed by atoms with E-state index in [1.807, 2.05) is 43.6 Å². The summed E-state index contributed by atoms with van der Waals surface area (Å²) >= 11 is 0. The van der Waals surface area contributed by atoms with Crippen LogP contribution in [0.4, 0.5) is 0 Å². The molecule has 0 N–H and O–H groups in total.